The number of hydrogen-bond acceptors (Lipinski definition) is 8. The first kappa shape index (κ1) is 20.5. The van der Waals surface area contributed by atoms with E-state index < -0.39 is 0 Å². The van der Waals surface area contributed by atoms with Gasteiger partial charge in [0.2, 0.25) is 11.0 Å². The van der Waals surface area contributed by atoms with Crippen LogP contribution in [0.5, 0.6) is 0 Å². The molecule has 0 radical (unpaired) electrons. The quantitative estimate of drug-likeness (QED) is 0.374. The van der Waals surface area contributed by atoms with Crippen molar-refractivity contribution in [1.29, 1.82) is 0 Å². The van der Waals surface area contributed by atoms with Crippen molar-refractivity contribution in [1.82, 2.24) is 15.2 Å². The third-order valence-electron chi connectivity index (χ3n) is 3.80. The van der Waals surface area contributed by atoms with Crippen molar-refractivity contribution >= 4 is 56.3 Å². The van der Waals surface area contributed by atoms with Gasteiger partial charge in [-0.2, -0.15) is 0 Å². The number of thioether (sulfide) groups is 1. The number of rotatable bonds is 9. The number of carbonyl (C=O) groups is 1. The number of aromatic nitrogens is 3. The van der Waals surface area contributed by atoms with Gasteiger partial charge in [-0.3, -0.25) is 9.69 Å². The molecule has 1 amide bonds. The number of nitrogens with one attached hydrogen (secondary N) is 1. The number of carbonyl (C=O) groups excluding carboxylic acids is 1. The van der Waals surface area contributed by atoms with Crippen molar-refractivity contribution in [2.75, 3.05) is 16.8 Å². The standard InChI is InChI=1S/C19H21N5OS3/c1-4-10-20-17-22-23-19(28-17)27-12-15-11-26-18(21-15)24(13(3)25)16-8-6-14(5-2)7-9-16/h4,6-9,11H,1,5,10,12H2,2-3H3,(H,20,22). The summed E-state index contributed by atoms with van der Waals surface area (Å²) < 4.78 is 0.875. The second kappa shape index (κ2) is 9.81. The van der Waals surface area contributed by atoms with Gasteiger partial charge in [-0.05, 0) is 24.1 Å². The molecule has 28 heavy (non-hydrogen) atoms. The minimum absolute atomic E-state index is 0.0557. The zero-order valence-electron chi connectivity index (χ0n) is 15.7. The zero-order valence-corrected chi connectivity index (χ0v) is 18.2. The van der Waals surface area contributed by atoms with E-state index in [1.807, 2.05) is 29.6 Å². The molecule has 3 rings (SSSR count). The lowest BCUT2D eigenvalue weighted by Gasteiger charge is -2.18. The van der Waals surface area contributed by atoms with Crippen LogP contribution in [-0.2, 0) is 17.0 Å². The summed E-state index contributed by atoms with van der Waals surface area (Å²) in [4.78, 5) is 18.5. The van der Waals surface area contributed by atoms with E-state index in [1.54, 1.807) is 29.7 Å². The number of thiazole rings is 1. The Hall–Kier alpha value is -2.23. The normalized spacial score (nSPS) is 10.6. The fourth-order valence-corrected chi connectivity index (χ4v) is 5.05. The van der Waals surface area contributed by atoms with Gasteiger partial charge in [0.15, 0.2) is 9.47 Å². The molecule has 1 N–H and O–H groups in total. The number of amides is 1. The molecular weight excluding hydrogens is 410 g/mol. The van der Waals surface area contributed by atoms with Crippen molar-refractivity contribution in [3.63, 3.8) is 0 Å². The number of anilines is 3. The molecule has 0 aliphatic rings. The number of benzene rings is 1. The highest BCUT2D eigenvalue weighted by molar-refractivity contribution is 8.00. The van der Waals surface area contributed by atoms with Gasteiger partial charge in [0, 0.05) is 24.6 Å². The van der Waals surface area contributed by atoms with Gasteiger partial charge in [0.1, 0.15) is 0 Å². The molecule has 0 aliphatic carbocycles. The molecule has 1 aromatic carbocycles. The molecular formula is C19H21N5OS3. The van der Waals surface area contributed by atoms with Crippen LogP contribution in [0.3, 0.4) is 0 Å². The van der Waals surface area contributed by atoms with Crippen molar-refractivity contribution in [3.8, 4) is 0 Å². The number of nitrogens with zero attached hydrogens (tertiary/aromatic N) is 4. The van der Waals surface area contributed by atoms with Crippen molar-refractivity contribution in [2.45, 2.75) is 30.4 Å². The van der Waals surface area contributed by atoms with Gasteiger partial charge < -0.3 is 5.32 Å². The lowest BCUT2D eigenvalue weighted by atomic mass is 10.1. The Balaban J connectivity index is 1.67. The van der Waals surface area contributed by atoms with E-state index >= 15 is 0 Å². The summed E-state index contributed by atoms with van der Waals surface area (Å²) in [5, 5.41) is 14.8. The molecule has 6 nitrogen and oxygen atoms in total. The van der Waals surface area contributed by atoms with Crippen molar-refractivity contribution in [2.24, 2.45) is 0 Å². The van der Waals surface area contributed by atoms with Gasteiger partial charge in [-0.25, -0.2) is 4.98 Å². The molecule has 0 saturated heterocycles. The molecule has 0 aliphatic heterocycles. The Kier molecular flexibility index (Phi) is 7.18. The Bertz CT molecular complexity index is 935. The lowest BCUT2D eigenvalue weighted by molar-refractivity contribution is -0.115. The van der Waals surface area contributed by atoms with Crippen LogP contribution in [0.4, 0.5) is 16.0 Å². The molecule has 146 valence electrons. The second-order valence-corrected chi connectivity index (χ2v) is 8.86. The monoisotopic (exact) mass is 431 g/mol. The average Bonchev–Trinajstić information content (AvgIpc) is 3.34. The molecule has 3 aromatic rings. The van der Waals surface area contributed by atoms with Crippen molar-refractivity contribution in [3.05, 3.63) is 53.6 Å². The van der Waals surface area contributed by atoms with E-state index in [1.165, 1.54) is 28.2 Å². The maximum Gasteiger partial charge on any atom is 0.230 e. The Morgan fingerprint density at radius 3 is 2.79 bits per heavy atom. The van der Waals surface area contributed by atoms with Gasteiger partial charge in [-0.1, -0.05) is 48.2 Å². The minimum atomic E-state index is -0.0557. The lowest BCUT2D eigenvalue weighted by Crippen LogP contribution is -2.22. The van der Waals surface area contributed by atoms with Crippen LogP contribution in [0.1, 0.15) is 25.1 Å². The number of aryl methyl sites for hydroxylation is 1. The van der Waals surface area contributed by atoms with Crippen LogP contribution in [-0.4, -0.2) is 27.6 Å². The zero-order chi connectivity index (χ0) is 19.9. The molecule has 0 unspecified atom stereocenters. The van der Waals surface area contributed by atoms with Gasteiger partial charge in [0.05, 0.1) is 11.4 Å². The van der Waals surface area contributed by atoms with E-state index in [0.29, 0.717) is 17.4 Å². The van der Waals surface area contributed by atoms with E-state index in [9.17, 15) is 4.79 Å². The molecule has 0 fully saturated rings. The van der Waals surface area contributed by atoms with Crippen molar-refractivity contribution < 1.29 is 4.79 Å². The van der Waals surface area contributed by atoms with Gasteiger partial charge >= 0.3 is 0 Å². The summed E-state index contributed by atoms with van der Waals surface area (Å²) in [7, 11) is 0. The predicted molar refractivity (Wildman–Crippen MR) is 119 cm³/mol. The predicted octanol–water partition coefficient (Wildman–Crippen LogP) is 5.13. The largest absolute Gasteiger partial charge is 0.357 e. The smallest absolute Gasteiger partial charge is 0.230 e. The van der Waals surface area contributed by atoms with Crippen LogP contribution in [0.15, 0.2) is 46.6 Å². The first-order valence-corrected chi connectivity index (χ1v) is 11.4. The molecule has 2 heterocycles. The highest BCUT2D eigenvalue weighted by Gasteiger charge is 2.18. The van der Waals surface area contributed by atoms with E-state index in [2.05, 4.69) is 34.0 Å². The summed E-state index contributed by atoms with van der Waals surface area (Å²) >= 11 is 4.55. The molecule has 0 saturated carbocycles. The van der Waals surface area contributed by atoms with Crippen LogP contribution in [0.25, 0.3) is 0 Å². The van der Waals surface area contributed by atoms with E-state index in [0.717, 1.165) is 27.3 Å². The van der Waals surface area contributed by atoms with Crippen LogP contribution in [0, 0.1) is 0 Å². The van der Waals surface area contributed by atoms with Gasteiger partial charge in [-0.15, -0.1) is 28.1 Å². The third kappa shape index (κ3) is 5.18. The van der Waals surface area contributed by atoms with E-state index in [-0.39, 0.29) is 5.91 Å². The highest BCUT2D eigenvalue weighted by atomic mass is 32.2. The van der Waals surface area contributed by atoms with Gasteiger partial charge in [0.25, 0.3) is 0 Å². The molecule has 0 bridgehead atoms. The highest BCUT2D eigenvalue weighted by Crippen LogP contribution is 2.32. The summed E-state index contributed by atoms with van der Waals surface area (Å²) in [5.74, 6) is 0.618. The second-order valence-electron chi connectivity index (χ2n) is 5.83. The van der Waals surface area contributed by atoms with Crippen LogP contribution < -0.4 is 10.2 Å². The molecule has 0 spiro atoms. The summed E-state index contributed by atoms with van der Waals surface area (Å²) in [6.07, 6.45) is 2.75. The Morgan fingerprint density at radius 1 is 1.32 bits per heavy atom. The third-order valence-corrected chi connectivity index (χ3v) is 6.72. The molecule has 9 heteroatoms. The van der Waals surface area contributed by atoms with Crippen LogP contribution >= 0.6 is 34.4 Å². The maximum atomic E-state index is 12.2. The summed E-state index contributed by atoms with van der Waals surface area (Å²) in [6.45, 7) is 8.00. The fraction of sp³-hybridized carbons (Fsp3) is 0.263. The summed E-state index contributed by atoms with van der Waals surface area (Å²) in [5.41, 5.74) is 2.99. The Labute approximate surface area is 176 Å². The molecule has 0 atom stereocenters. The minimum Gasteiger partial charge on any atom is -0.357 e. The van der Waals surface area contributed by atoms with Crippen LogP contribution in [0.2, 0.25) is 0 Å². The maximum absolute atomic E-state index is 12.2. The first-order chi connectivity index (χ1) is 13.6. The average molecular weight is 432 g/mol. The number of hydrogen-bond donors (Lipinski definition) is 1. The van der Waals surface area contributed by atoms with E-state index in [4.69, 9.17) is 0 Å². The topological polar surface area (TPSA) is 71.0 Å². The first-order valence-electron chi connectivity index (χ1n) is 8.75. The summed E-state index contributed by atoms with van der Waals surface area (Å²) in [6, 6.07) is 8.02. The Morgan fingerprint density at radius 2 is 2.11 bits per heavy atom. The fourth-order valence-electron chi connectivity index (χ4n) is 2.41. The molecule has 2 aromatic heterocycles. The SMILES string of the molecule is C=CCNc1nnc(SCc2csc(N(C(C)=O)c3ccc(CC)cc3)n2)s1.